The van der Waals surface area contributed by atoms with Crippen molar-refractivity contribution in [2.45, 2.75) is 19.3 Å². The van der Waals surface area contributed by atoms with Crippen LogP contribution in [0, 0.1) is 11.7 Å². The molecule has 1 aliphatic carbocycles. The van der Waals surface area contributed by atoms with Crippen LogP contribution in [0.1, 0.15) is 29.7 Å². The van der Waals surface area contributed by atoms with Gasteiger partial charge in [-0.15, -0.1) is 11.3 Å². The number of ketones is 1. The molecule has 1 heterocycles. The fraction of sp³-hybridized carbons (Fsp3) is 0.263. The largest absolute Gasteiger partial charge is 0.465 e. The van der Waals surface area contributed by atoms with E-state index in [1.54, 1.807) is 36.5 Å². The van der Waals surface area contributed by atoms with E-state index in [0.29, 0.717) is 6.42 Å². The lowest BCUT2D eigenvalue weighted by atomic mass is 9.74. The molecule has 24 heavy (non-hydrogen) atoms. The number of carbonyl (C=O) groups excluding carboxylic acids is 2. The van der Waals surface area contributed by atoms with Gasteiger partial charge in [0, 0.05) is 10.8 Å². The summed E-state index contributed by atoms with van der Waals surface area (Å²) in [6.45, 7) is 1.94. The van der Waals surface area contributed by atoms with Crippen molar-refractivity contribution in [2.75, 3.05) is 6.61 Å². The van der Waals surface area contributed by atoms with Crippen LogP contribution in [0.5, 0.6) is 0 Å². The first-order chi connectivity index (χ1) is 11.6. The van der Waals surface area contributed by atoms with Crippen LogP contribution in [0.3, 0.4) is 0 Å². The van der Waals surface area contributed by atoms with Gasteiger partial charge in [-0.25, -0.2) is 4.39 Å². The minimum atomic E-state index is -0.876. The summed E-state index contributed by atoms with van der Waals surface area (Å²) in [5.74, 6) is -2.34. The second-order valence-corrected chi connectivity index (χ2v) is 6.59. The number of hydrogen-bond donors (Lipinski definition) is 0. The third-order valence-corrected chi connectivity index (χ3v) is 5.09. The smallest absolute Gasteiger partial charge is 0.317 e. The molecule has 0 amide bonds. The molecule has 5 heteroatoms. The molecule has 0 bridgehead atoms. The highest BCUT2D eigenvalue weighted by molar-refractivity contribution is 7.11. The Balaban J connectivity index is 2.00. The molecule has 0 saturated carbocycles. The van der Waals surface area contributed by atoms with Crippen molar-refractivity contribution in [2.24, 2.45) is 5.92 Å². The third kappa shape index (κ3) is 3.31. The zero-order valence-electron chi connectivity index (χ0n) is 13.2. The van der Waals surface area contributed by atoms with Gasteiger partial charge < -0.3 is 4.74 Å². The maximum absolute atomic E-state index is 13.2. The van der Waals surface area contributed by atoms with Crippen LogP contribution in [0.4, 0.5) is 4.39 Å². The molecule has 0 fully saturated rings. The van der Waals surface area contributed by atoms with Crippen LogP contribution in [0.15, 0.2) is 47.9 Å². The lowest BCUT2D eigenvalue weighted by Crippen LogP contribution is -2.33. The minimum absolute atomic E-state index is 0.222. The van der Waals surface area contributed by atoms with E-state index in [-0.39, 0.29) is 24.1 Å². The molecule has 0 spiro atoms. The summed E-state index contributed by atoms with van der Waals surface area (Å²) >= 11 is 1.55. The zero-order chi connectivity index (χ0) is 17.1. The molecule has 2 atom stereocenters. The molecule has 0 unspecified atom stereocenters. The summed E-state index contributed by atoms with van der Waals surface area (Å²) in [5, 5.41) is 1.95. The SMILES string of the molecule is CCOC(=O)[C@@H]1C(=O)C=C(c2cccs2)C[C@@H]1c1ccc(F)cc1. The molecule has 2 aromatic rings. The lowest BCUT2D eigenvalue weighted by Gasteiger charge is -2.29. The standard InChI is InChI=1S/C19H17FO3S/c1-2-23-19(22)18-15(12-5-7-14(20)8-6-12)10-13(11-16(18)21)17-4-3-9-24-17/h3-9,11,15,18H,2,10H2,1H3/t15-,18+/m1/s1. The van der Waals surface area contributed by atoms with E-state index >= 15 is 0 Å². The molecule has 1 aromatic heterocycles. The fourth-order valence-corrected chi connectivity index (χ4v) is 3.79. The molecule has 3 rings (SSSR count). The molecular weight excluding hydrogens is 327 g/mol. The monoisotopic (exact) mass is 344 g/mol. The highest BCUT2D eigenvalue weighted by atomic mass is 32.1. The Labute approximate surface area is 143 Å². The van der Waals surface area contributed by atoms with Gasteiger partial charge in [0.05, 0.1) is 6.61 Å². The molecule has 0 saturated heterocycles. The van der Waals surface area contributed by atoms with E-state index < -0.39 is 11.9 Å². The number of ether oxygens (including phenoxy) is 1. The van der Waals surface area contributed by atoms with E-state index in [1.165, 1.54) is 12.1 Å². The molecule has 0 aliphatic heterocycles. The number of allylic oxidation sites excluding steroid dienone is 2. The quantitative estimate of drug-likeness (QED) is 0.616. The van der Waals surface area contributed by atoms with Gasteiger partial charge in [0.2, 0.25) is 0 Å². The minimum Gasteiger partial charge on any atom is -0.465 e. The number of hydrogen-bond acceptors (Lipinski definition) is 4. The first-order valence-electron chi connectivity index (χ1n) is 7.80. The van der Waals surface area contributed by atoms with Gasteiger partial charge in [-0.3, -0.25) is 9.59 Å². The van der Waals surface area contributed by atoms with Crippen LogP contribution in [-0.2, 0) is 14.3 Å². The van der Waals surface area contributed by atoms with Crippen molar-refractivity contribution in [1.82, 2.24) is 0 Å². The van der Waals surface area contributed by atoms with Crippen molar-refractivity contribution < 1.29 is 18.7 Å². The Morgan fingerprint density at radius 2 is 2.04 bits per heavy atom. The summed E-state index contributed by atoms with van der Waals surface area (Å²) in [6.07, 6.45) is 2.09. The van der Waals surface area contributed by atoms with Crippen LogP contribution < -0.4 is 0 Å². The van der Waals surface area contributed by atoms with Gasteiger partial charge >= 0.3 is 5.97 Å². The van der Waals surface area contributed by atoms with Gasteiger partial charge in [0.15, 0.2) is 5.78 Å². The Morgan fingerprint density at radius 1 is 1.29 bits per heavy atom. The normalized spacial score (nSPS) is 20.6. The van der Waals surface area contributed by atoms with E-state index in [4.69, 9.17) is 4.74 Å². The van der Waals surface area contributed by atoms with Crippen molar-refractivity contribution in [3.8, 4) is 0 Å². The summed E-state index contributed by atoms with van der Waals surface area (Å²) in [6, 6.07) is 9.86. The fourth-order valence-electron chi connectivity index (χ4n) is 3.04. The van der Waals surface area contributed by atoms with Crippen molar-refractivity contribution in [1.29, 1.82) is 0 Å². The lowest BCUT2D eigenvalue weighted by molar-refractivity contribution is -0.151. The number of esters is 1. The summed E-state index contributed by atoms with van der Waals surface area (Å²) in [4.78, 5) is 25.9. The highest BCUT2D eigenvalue weighted by Crippen LogP contribution is 2.41. The molecule has 124 valence electrons. The van der Waals surface area contributed by atoms with E-state index in [9.17, 15) is 14.0 Å². The first-order valence-corrected chi connectivity index (χ1v) is 8.68. The predicted octanol–water partition coefficient (Wildman–Crippen LogP) is 4.21. The van der Waals surface area contributed by atoms with E-state index in [2.05, 4.69) is 0 Å². The van der Waals surface area contributed by atoms with Gasteiger partial charge in [-0.1, -0.05) is 18.2 Å². The predicted molar refractivity (Wildman–Crippen MR) is 91.2 cm³/mol. The van der Waals surface area contributed by atoms with Crippen LogP contribution >= 0.6 is 11.3 Å². The van der Waals surface area contributed by atoms with Crippen LogP contribution in [0.25, 0.3) is 5.57 Å². The van der Waals surface area contributed by atoms with Crippen LogP contribution in [0.2, 0.25) is 0 Å². The molecule has 3 nitrogen and oxygen atoms in total. The zero-order valence-corrected chi connectivity index (χ0v) is 14.0. The molecule has 0 radical (unpaired) electrons. The first kappa shape index (κ1) is 16.6. The number of rotatable bonds is 4. The second kappa shape index (κ2) is 7.09. The number of halogens is 1. The average molecular weight is 344 g/mol. The highest BCUT2D eigenvalue weighted by Gasteiger charge is 2.39. The Morgan fingerprint density at radius 3 is 2.67 bits per heavy atom. The molecule has 0 N–H and O–H groups in total. The van der Waals surface area contributed by atoms with Gasteiger partial charge in [-0.2, -0.15) is 0 Å². The number of thiophene rings is 1. The van der Waals surface area contributed by atoms with Crippen molar-refractivity contribution in [3.05, 3.63) is 64.1 Å². The Kier molecular flexibility index (Phi) is 4.90. The number of benzene rings is 1. The van der Waals surface area contributed by atoms with Crippen LogP contribution in [-0.4, -0.2) is 18.4 Å². The maximum Gasteiger partial charge on any atom is 0.317 e. The van der Waals surface area contributed by atoms with Crippen molar-refractivity contribution >= 4 is 28.7 Å². The maximum atomic E-state index is 13.2. The molecule has 1 aliphatic rings. The molecule has 1 aromatic carbocycles. The average Bonchev–Trinajstić information content (AvgIpc) is 3.09. The number of carbonyl (C=O) groups is 2. The van der Waals surface area contributed by atoms with E-state index in [1.807, 2.05) is 17.5 Å². The summed E-state index contributed by atoms with van der Waals surface area (Å²) < 4.78 is 18.3. The Hall–Kier alpha value is -2.27. The van der Waals surface area contributed by atoms with Gasteiger partial charge in [0.1, 0.15) is 11.7 Å². The van der Waals surface area contributed by atoms with Gasteiger partial charge in [-0.05, 0) is 54.1 Å². The van der Waals surface area contributed by atoms with E-state index in [0.717, 1.165) is 16.0 Å². The third-order valence-electron chi connectivity index (χ3n) is 4.14. The second-order valence-electron chi connectivity index (χ2n) is 5.64. The topological polar surface area (TPSA) is 43.4 Å². The summed E-state index contributed by atoms with van der Waals surface area (Å²) in [7, 11) is 0. The van der Waals surface area contributed by atoms with Crippen molar-refractivity contribution in [3.63, 3.8) is 0 Å². The van der Waals surface area contributed by atoms with Gasteiger partial charge in [0.25, 0.3) is 0 Å². The molecular formula is C19H17FO3S. The Bertz CT molecular complexity index is 762. The summed E-state index contributed by atoms with van der Waals surface area (Å²) in [5.41, 5.74) is 1.68.